The summed E-state index contributed by atoms with van der Waals surface area (Å²) in [6.45, 7) is 9.59. The molecule has 5 nitrogen and oxygen atoms in total. The minimum absolute atomic E-state index is 0.0521. The predicted molar refractivity (Wildman–Crippen MR) is 114 cm³/mol. The topological polar surface area (TPSA) is 66.5 Å². The Labute approximate surface area is 170 Å². The van der Waals surface area contributed by atoms with Crippen molar-refractivity contribution in [1.82, 2.24) is 9.62 Å². The highest BCUT2D eigenvalue weighted by Crippen LogP contribution is 2.31. The number of benzene rings is 1. The minimum atomic E-state index is -3.75. The molecule has 28 heavy (non-hydrogen) atoms. The van der Waals surface area contributed by atoms with E-state index in [9.17, 15) is 13.2 Å². The summed E-state index contributed by atoms with van der Waals surface area (Å²) in [6, 6.07) is 3.76. The van der Waals surface area contributed by atoms with Crippen LogP contribution in [0.15, 0.2) is 17.0 Å². The molecular weight excluding hydrogens is 372 g/mol. The number of sulfonamides is 1. The lowest BCUT2D eigenvalue weighted by Crippen LogP contribution is -2.48. The molecule has 1 fully saturated rings. The number of aryl methyl sites for hydroxylation is 3. The summed E-state index contributed by atoms with van der Waals surface area (Å²) in [5.74, 6) is -0.211. The Kier molecular flexibility index (Phi) is 8.07. The van der Waals surface area contributed by atoms with Gasteiger partial charge in [0.15, 0.2) is 0 Å². The third-order valence-electron chi connectivity index (χ3n) is 5.58. The number of hydrogen-bond acceptors (Lipinski definition) is 3. The van der Waals surface area contributed by atoms with Crippen molar-refractivity contribution in [3.63, 3.8) is 0 Å². The Morgan fingerprint density at radius 1 is 1.14 bits per heavy atom. The molecule has 6 heteroatoms. The Hall–Kier alpha value is -1.40. The summed E-state index contributed by atoms with van der Waals surface area (Å²) < 4.78 is 28.8. The number of rotatable bonds is 8. The van der Waals surface area contributed by atoms with Crippen LogP contribution in [-0.4, -0.2) is 37.3 Å². The zero-order valence-electron chi connectivity index (χ0n) is 18.0. The van der Waals surface area contributed by atoms with Gasteiger partial charge >= 0.3 is 0 Å². The first kappa shape index (κ1) is 22.9. The largest absolute Gasteiger partial charge is 0.353 e. The van der Waals surface area contributed by atoms with Crippen LogP contribution in [0.4, 0.5) is 0 Å². The molecule has 2 rings (SSSR count). The molecule has 1 atom stereocenters. The van der Waals surface area contributed by atoms with Gasteiger partial charge in [0.1, 0.15) is 0 Å². The normalized spacial score (nSPS) is 16.9. The summed E-state index contributed by atoms with van der Waals surface area (Å²) >= 11 is 0. The second kappa shape index (κ2) is 9.88. The number of nitrogens with one attached hydrogen (secondary N) is 1. The second-order valence-corrected chi connectivity index (χ2v) is 10.2. The molecule has 1 aliphatic carbocycles. The van der Waals surface area contributed by atoms with E-state index in [0.717, 1.165) is 61.6 Å². The number of carbonyl (C=O) groups excluding carboxylic acids is 1. The van der Waals surface area contributed by atoms with Crippen molar-refractivity contribution < 1.29 is 13.2 Å². The van der Waals surface area contributed by atoms with E-state index in [2.05, 4.69) is 12.2 Å². The summed E-state index contributed by atoms with van der Waals surface area (Å²) in [6.07, 6.45) is 6.66. The van der Waals surface area contributed by atoms with Crippen LogP contribution in [0, 0.1) is 20.8 Å². The highest BCUT2D eigenvalue weighted by molar-refractivity contribution is 7.89. The van der Waals surface area contributed by atoms with Crippen LogP contribution < -0.4 is 5.32 Å². The smallest absolute Gasteiger partial charge is 0.244 e. The number of hydrogen-bond donors (Lipinski definition) is 1. The molecule has 0 spiro atoms. The van der Waals surface area contributed by atoms with Crippen LogP contribution in [0.5, 0.6) is 0 Å². The van der Waals surface area contributed by atoms with Crippen molar-refractivity contribution >= 4 is 15.9 Å². The molecule has 1 aromatic rings. The molecule has 0 heterocycles. The maximum atomic E-state index is 13.7. The average Bonchev–Trinajstić information content (AvgIpc) is 2.59. The van der Waals surface area contributed by atoms with Gasteiger partial charge in [0.25, 0.3) is 0 Å². The quantitative estimate of drug-likeness (QED) is 0.700. The van der Waals surface area contributed by atoms with Crippen molar-refractivity contribution in [2.24, 2.45) is 0 Å². The second-order valence-electron chi connectivity index (χ2n) is 8.33. The Morgan fingerprint density at radius 2 is 1.71 bits per heavy atom. The van der Waals surface area contributed by atoms with E-state index in [1.807, 2.05) is 39.8 Å². The monoisotopic (exact) mass is 408 g/mol. The summed E-state index contributed by atoms with van der Waals surface area (Å²) in [5, 5.41) is 2.97. The molecule has 1 aliphatic rings. The van der Waals surface area contributed by atoms with E-state index in [1.54, 1.807) is 0 Å². The van der Waals surface area contributed by atoms with Crippen LogP contribution >= 0.6 is 0 Å². The lowest BCUT2D eigenvalue weighted by molar-refractivity contribution is -0.122. The molecule has 0 radical (unpaired) electrons. The van der Waals surface area contributed by atoms with Crippen LogP contribution in [0.2, 0.25) is 0 Å². The van der Waals surface area contributed by atoms with Crippen LogP contribution in [-0.2, 0) is 14.8 Å². The van der Waals surface area contributed by atoms with Gasteiger partial charge in [-0.3, -0.25) is 4.79 Å². The average molecular weight is 409 g/mol. The van der Waals surface area contributed by atoms with Gasteiger partial charge in [0.05, 0.1) is 11.4 Å². The summed E-state index contributed by atoms with van der Waals surface area (Å²) in [7, 11) is -3.75. The highest BCUT2D eigenvalue weighted by atomic mass is 32.2. The van der Waals surface area contributed by atoms with Gasteiger partial charge < -0.3 is 5.32 Å². The zero-order valence-corrected chi connectivity index (χ0v) is 18.9. The number of carbonyl (C=O) groups is 1. The molecule has 158 valence electrons. The van der Waals surface area contributed by atoms with Gasteiger partial charge in [-0.25, -0.2) is 8.42 Å². The molecule has 0 aromatic heterocycles. The van der Waals surface area contributed by atoms with Crippen molar-refractivity contribution in [2.45, 2.75) is 96.5 Å². The molecule has 1 amide bonds. The molecule has 0 saturated heterocycles. The Bertz CT molecular complexity index is 760. The van der Waals surface area contributed by atoms with E-state index < -0.39 is 10.0 Å². The standard InChI is InChI=1S/C22H36N2O3S/c1-6-10-19(5)23-21(25)15-24(20-11-8-7-9-12-20)28(26,27)22-17(3)13-16(2)14-18(22)4/h13-14,19-20H,6-12,15H2,1-5H3,(H,23,25)/t19-/m0/s1. The highest BCUT2D eigenvalue weighted by Gasteiger charge is 2.35. The number of nitrogens with zero attached hydrogens (tertiary/aromatic N) is 1. The van der Waals surface area contributed by atoms with Crippen LogP contribution in [0.1, 0.15) is 75.5 Å². The first-order valence-electron chi connectivity index (χ1n) is 10.6. The minimum Gasteiger partial charge on any atom is -0.353 e. The fraction of sp³-hybridized carbons (Fsp3) is 0.682. The van der Waals surface area contributed by atoms with E-state index in [-0.39, 0.29) is 24.5 Å². The molecule has 1 aromatic carbocycles. The van der Waals surface area contributed by atoms with E-state index in [0.29, 0.717) is 4.90 Å². The van der Waals surface area contributed by atoms with E-state index >= 15 is 0 Å². The summed E-state index contributed by atoms with van der Waals surface area (Å²) in [5.41, 5.74) is 2.54. The van der Waals surface area contributed by atoms with Gasteiger partial charge in [0.2, 0.25) is 15.9 Å². The first-order valence-corrected chi connectivity index (χ1v) is 12.0. The Morgan fingerprint density at radius 3 is 2.25 bits per heavy atom. The molecule has 1 N–H and O–H groups in total. The lowest BCUT2D eigenvalue weighted by Gasteiger charge is -2.34. The van der Waals surface area contributed by atoms with Gasteiger partial charge in [-0.2, -0.15) is 4.31 Å². The van der Waals surface area contributed by atoms with E-state index in [1.165, 1.54) is 4.31 Å². The maximum Gasteiger partial charge on any atom is 0.244 e. The maximum absolute atomic E-state index is 13.7. The van der Waals surface area contributed by atoms with Gasteiger partial charge in [-0.1, -0.05) is 50.3 Å². The zero-order chi connectivity index (χ0) is 20.9. The van der Waals surface area contributed by atoms with Gasteiger partial charge in [-0.05, 0) is 58.1 Å². The predicted octanol–water partition coefficient (Wildman–Crippen LogP) is 4.24. The fourth-order valence-electron chi connectivity index (χ4n) is 4.44. The molecule has 0 unspecified atom stereocenters. The third kappa shape index (κ3) is 5.57. The van der Waals surface area contributed by atoms with E-state index in [4.69, 9.17) is 0 Å². The molecule has 0 bridgehead atoms. The van der Waals surface area contributed by atoms with Crippen molar-refractivity contribution in [1.29, 1.82) is 0 Å². The van der Waals surface area contributed by atoms with Crippen molar-refractivity contribution in [2.75, 3.05) is 6.54 Å². The summed E-state index contributed by atoms with van der Waals surface area (Å²) in [4.78, 5) is 13.0. The molecule has 0 aliphatic heterocycles. The van der Waals surface area contributed by atoms with Crippen molar-refractivity contribution in [3.05, 3.63) is 28.8 Å². The third-order valence-corrected chi connectivity index (χ3v) is 7.79. The SMILES string of the molecule is CCC[C@H](C)NC(=O)CN(C1CCCCC1)S(=O)(=O)c1c(C)cc(C)cc1C. The van der Waals surface area contributed by atoms with Crippen molar-refractivity contribution in [3.8, 4) is 0 Å². The molecular formula is C22H36N2O3S. The fourth-order valence-corrected chi connectivity index (χ4v) is 6.49. The van der Waals surface area contributed by atoms with Crippen LogP contribution in [0.25, 0.3) is 0 Å². The molecule has 1 saturated carbocycles. The van der Waals surface area contributed by atoms with Crippen LogP contribution in [0.3, 0.4) is 0 Å². The Balaban J connectivity index is 2.36. The van der Waals surface area contributed by atoms with Gasteiger partial charge in [0, 0.05) is 12.1 Å². The number of amides is 1. The lowest BCUT2D eigenvalue weighted by atomic mass is 9.95. The van der Waals surface area contributed by atoms with Gasteiger partial charge in [-0.15, -0.1) is 0 Å². The first-order chi connectivity index (χ1) is 13.2.